The summed E-state index contributed by atoms with van der Waals surface area (Å²) in [7, 11) is 0. The third kappa shape index (κ3) is 6.02. The Kier molecular flexibility index (Phi) is 8.76. The summed E-state index contributed by atoms with van der Waals surface area (Å²) in [6.07, 6.45) is 0. The van der Waals surface area contributed by atoms with E-state index in [-0.39, 0.29) is 0 Å². The average molecular weight is 801 g/mol. The summed E-state index contributed by atoms with van der Waals surface area (Å²) in [5.41, 5.74) is 16.7. The van der Waals surface area contributed by atoms with E-state index >= 15 is 0 Å². The fourth-order valence-electron chi connectivity index (χ4n) is 10.1. The molecule has 0 radical (unpaired) electrons. The normalized spacial score (nSPS) is 12.6. The van der Waals surface area contributed by atoms with E-state index in [1.165, 1.54) is 66.4 Å². The second-order valence-electron chi connectivity index (χ2n) is 16.4. The van der Waals surface area contributed by atoms with Gasteiger partial charge in [0.2, 0.25) is 0 Å². The van der Waals surface area contributed by atoms with Crippen molar-refractivity contribution in [2.75, 3.05) is 0 Å². The van der Waals surface area contributed by atoms with E-state index in [0.29, 0.717) is 5.82 Å². The van der Waals surface area contributed by atoms with Crippen LogP contribution in [0.25, 0.3) is 88.8 Å². The second-order valence-corrected chi connectivity index (χ2v) is 16.4. The molecule has 63 heavy (non-hydrogen) atoms. The number of hydrogen-bond acceptors (Lipinski definition) is 2. The molecule has 0 atom stereocenters. The largest absolute Gasteiger partial charge is 0.228 e. The highest BCUT2D eigenvalue weighted by atomic mass is 14.9. The molecule has 2 heteroatoms. The fraction of sp³-hybridized carbons (Fsp3) is 0.0164. The van der Waals surface area contributed by atoms with Crippen molar-refractivity contribution in [2.24, 2.45) is 0 Å². The van der Waals surface area contributed by atoms with E-state index in [2.05, 4.69) is 237 Å². The molecule has 0 aliphatic heterocycles. The summed E-state index contributed by atoms with van der Waals surface area (Å²) in [6.45, 7) is 0. The first-order valence-corrected chi connectivity index (χ1v) is 21.6. The van der Waals surface area contributed by atoms with Crippen molar-refractivity contribution in [2.45, 2.75) is 5.41 Å². The number of rotatable bonds is 7. The first-order chi connectivity index (χ1) is 31.2. The van der Waals surface area contributed by atoms with Gasteiger partial charge in [-0.2, -0.15) is 0 Å². The minimum absolute atomic E-state index is 0.540. The molecule has 0 bridgehead atoms. The Balaban J connectivity index is 1.05. The van der Waals surface area contributed by atoms with Crippen molar-refractivity contribution in [1.29, 1.82) is 0 Å². The molecule has 2 nitrogen and oxygen atoms in total. The molecule has 1 heterocycles. The van der Waals surface area contributed by atoms with Crippen molar-refractivity contribution in [3.05, 3.63) is 265 Å². The molecule has 1 aliphatic rings. The molecule has 1 aromatic heterocycles. The number of aromatic nitrogens is 2. The smallest absolute Gasteiger partial charge is 0.161 e. The summed E-state index contributed by atoms with van der Waals surface area (Å²) >= 11 is 0. The lowest BCUT2D eigenvalue weighted by molar-refractivity contribution is 0.776. The first-order valence-electron chi connectivity index (χ1n) is 21.6. The number of benzene rings is 10. The van der Waals surface area contributed by atoms with E-state index in [0.717, 1.165) is 38.9 Å². The number of nitrogens with zero attached hydrogens (tertiary/aromatic N) is 2. The quantitative estimate of drug-likeness (QED) is 0.160. The predicted octanol–water partition coefficient (Wildman–Crippen LogP) is 15.5. The maximum absolute atomic E-state index is 5.32. The van der Waals surface area contributed by atoms with Crippen molar-refractivity contribution in [3.8, 4) is 67.3 Å². The van der Waals surface area contributed by atoms with Crippen LogP contribution >= 0.6 is 0 Å². The van der Waals surface area contributed by atoms with Crippen LogP contribution in [0, 0.1) is 0 Å². The topological polar surface area (TPSA) is 25.8 Å². The standard InChI is InChI=1S/C61H40N2/c1-5-17-41(18-6-1)42-29-31-45(32-30-42)58-40-57(44-20-7-2-8-21-44)62-60(63-58)55-38-37-49(51-27-15-16-28-52(51)55)46-34-35-53-54-36-33-43-19-13-14-26-50(43)59(54)61(56(53)39-46,47-22-9-3-10-23-47)48-24-11-4-12-25-48/h1-40H. The highest BCUT2D eigenvalue weighted by Crippen LogP contribution is 2.59. The van der Waals surface area contributed by atoms with Crippen LogP contribution in [0.4, 0.5) is 0 Å². The van der Waals surface area contributed by atoms with Gasteiger partial charge in [0.25, 0.3) is 0 Å². The van der Waals surface area contributed by atoms with Gasteiger partial charge in [-0.15, -0.1) is 0 Å². The Labute approximate surface area is 367 Å². The lowest BCUT2D eigenvalue weighted by Crippen LogP contribution is -2.28. The third-order valence-corrected chi connectivity index (χ3v) is 13.0. The summed E-state index contributed by atoms with van der Waals surface area (Å²) in [5, 5.41) is 4.79. The molecule has 0 N–H and O–H groups in total. The van der Waals surface area contributed by atoms with Crippen molar-refractivity contribution >= 4 is 21.5 Å². The van der Waals surface area contributed by atoms with Gasteiger partial charge in [0.1, 0.15) is 0 Å². The molecular formula is C61H40N2. The highest BCUT2D eigenvalue weighted by molar-refractivity contribution is 6.06. The zero-order valence-corrected chi connectivity index (χ0v) is 34.5. The summed E-state index contributed by atoms with van der Waals surface area (Å²) in [4.78, 5) is 10.6. The average Bonchev–Trinajstić information content (AvgIpc) is 3.68. The van der Waals surface area contributed by atoms with Gasteiger partial charge in [0, 0.05) is 16.7 Å². The minimum Gasteiger partial charge on any atom is -0.228 e. The molecule has 1 aliphatic carbocycles. The van der Waals surface area contributed by atoms with Gasteiger partial charge in [0.15, 0.2) is 5.82 Å². The first kappa shape index (κ1) is 36.6. The fourth-order valence-corrected chi connectivity index (χ4v) is 10.1. The molecule has 0 spiro atoms. The molecule has 0 amide bonds. The lowest BCUT2D eigenvalue weighted by Gasteiger charge is -2.35. The van der Waals surface area contributed by atoms with Crippen molar-refractivity contribution < 1.29 is 0 Å². The van der Waals surface area contributed by atoms with Gasteiger partial charge in [-0.1, -0.05) is 224 Å². The van der Waals surface area contributed by atoms with Gasteiger partial charge < -0.3 is 0 Å². The monoisotopic (exact) mass is 800 g/mol. The Morgan fingerprint density at radius 1 is 0.286 bits per heavy atom. The van der Waals surface area contributed by atoms with Crippen LogP contribution in [-0.4, -0.2) is 9.97 Å². The summed E-state index contributed by atoms with van der Waals surface area (Å²) in [5.74, 6) is 0.699. The summed E-state index contributed by atoms with van der Waals surface area (Å²) < 4.78 is 0. The van der Waals surface area contributed by atoms with Gasteiger partial charge >= 0.3 is 0 Å². The van der Waals surface area contributed by atoms with Crippen LogP contribution in [-0.2, 0) is 5.41 Å². The molecule has 0 fully saturated rings. The molecule has 0 saturated heterocycles. The third-order valence-electron chi connectivity index (χ3n) is 13.0. The molecule has 12 rings (SSSR count). The van der Waals surface area contributed by atoms with Crippen LogP contribution in [0.15, 0.2) is 243 Å². The van der Waals surface area contributed by atoms with Gasteiger partial charge in [-0.3, -0.25) is 0 Å². The SMILES string of the molecule is c1ccc(-c2ccc(-c3cc(-c4ccccc4)nc(-c4ccc(-c5ccc6c(c5)C(c5ccccc5)(c5ccccc5)c5c-6ccc6ccccc56)c5ccccc45)n3)cc2)cc1. The van der Waals surface area contributed by atoms with Crippen LogP contribution < -0.4 is 0 Å². The van der Waals surface area contributed by atoms with Gasteiger partial charge in [0.05, 0.1) is 16.8 Å². The highest BCUT2D eigenvalue weighted by Gasteiger charge is 2.47. The predicted molar refractivity (Wildman–Crippen MR) is 262 cm³/mol. The van der Waals surface area contributed by atoms with Crippen LogP contribution in [0.5, 0.6) is 0 Å². The Hall–Kier alpha value is -8.20. The van der Waals surface area contributed by atoms with E-state index in [4.69, 9.17) is 9.97 Å². The van der Waals surface area contributed by atoms with E-state index in [1.54, 1.807) is 0 Å². The molecule has 10 aromatic carbocycles. The Morgan fingerprint density at radius 3 is 1.38 bits per heavy atom. The van der Waals surface area contributed by atoms with E-state index < -0.39 is 5.41 Å². The molecule has 11 aromatic rings. The molecule has 294 valence electrons. The zero-order chi connectivity index (χ0) is 41.7. The Bertz CT molecular complexity index is 3430. The zero-order valence-electron chi connectivity index (χ0n) is 34.5. The van der Waals surface area contributed by atoms with Crippen LogP contribution in [0.3, 0.4) is 0 Å². The molecular weight excluding hydrogens is 761 g/mol. The van der Waals surface area contributed by atoms with Crippen LogP contribution in [0.1, 0.15) is 22.3 Å². The van der Waals surface area contributed by atoms with Gasteiger partial charge in [-0.05, 0) is 95.4 Å². The molecule has 0 unspecified atom stereocenters. The maximum atomic E-state index is 5.32. The maximum Gasteiger partial charge on any atom is 0.161 e. The summed E-state index contributed by atoms with van der Waals surface area (Å²) in [6, 6.07) is 87.8. The van der Waals surface area contributed by atoms with Crippen LogP contribution in [0.2, 0.25) is 0 Å². The van der Waals surface area contributed by atoms with E-state index in [9.17, 15) is 0 Å². The lowest BCUT2D eigenvalue weighted by atomic mass is 9.66. The second kappa shape index (κ2) is 15.1. The van der Waals surface area contributed by atoms with Gasteiger partial charge in [-0.25, -0.2) is 9.97 Å². The van der Waals surface area contributed by atoms with Crippen molar-refractivity contribution in [3.63, 3.8) is 0 Å². The molecule has 0 saturated carbocycles. The van der Waals surface area contributed by atoms with E-state index in [1.807, 2.05) is 6.07 Å². The number of fused-ring (bicyclic) bond motifs is 6. The number of hydrogen-bond donors (Lipinski definition) is 0. The van der Waals surface area contributed by atoms with Crippen molar-refractivity contribution in [1.82, 2.24) is 9.97 Å². The minimum atomic E-state index is -0.540. The Morgan fingerprint density at radius 2 is 0.730 bits per heavy atom.